The van der Waals surface area contributed by atoms with Crippen molar-refractivity contribution in [2.75, 3.05) is 4.90 Å². The Morgan fingerprint density at radius 2 is 1.77 bits per heavy atom. The van der Waals surface area contributed by atoms with Gasteiger partial charge in [-0.15, -0.1) is 11.3 Å². The number of carbonyl (C=O) groups excluding carboxylic acids is 1. The number of anilines is 1. The Morgan fingerprint density at radius 3 is 2.60 bits per heavy atom. The van der Waals surface area contributed by atoms with E-state index in [1.165, 1.54) is 5.56 Å². The molecule has 0 N–H and O–H groups in total. The molecule has 30 heavy (non-hydrogen) atoms. The fourth-order valence-electron chi connectivity index (χ4n) is 3.43. The Kier molecular flexibility index (Phi) is 5.02. The second kappa shape index (κ2) is 7.97. The molecule has 0 bridgehead atoms. The molecule has 0 atom stereocenters. The number of carbonyl (C=O) groups is 1. The molecule has 2 aromatic heterocycles. The number of hydrogen-bond donors (Lipinski definition) is 0. The lowest BCUT2D eigenvalue weighted by molar-refractivity contribution is 0.0985. The van der Waals surface area contributed by atoms with Crippen molar-refractivity contribution in [3.8, 4) is 0 Å². The highest BCUT2D eigenvalue weighted by Crippen LogP contribution is 2.32. The fraction of sp³-hybridized carbons (Fsp3) is 0.125. The van der Waals surface area contributed by atoms with Crippen LogP contribution in [-0.2, 0) is 13.0 Å². The molecule has 0 aliphatic rings. The summed E-state index contributed by atoms with van der Waals surface area (Å²) in [4.78, 5) is 24.5. The van der Waals surface area contributed by atoms with Crippen LogP contribution >= 0.6 is 22.7 Å². The van der Waals surface area contributed by atoms with E-state index in [1.54, 1.807) is 33.1 Å². The number of hydrogen-bond acceptors (Lipinski definition) is 5. The Balaban J connectivity index is 1.58. The first-order valence-electron chi connectivity index (χ1n) is 9.80. The molecule has 0 fully saturated rings. The van der Waals surface area contributed by atoms with Gasteiger partial charge in [0.15, 0.2) is 5.13 Å². The number of thiazole rings is 2. The van der Waals surface area contributed by atoms with Crippen LogP contribution < -0.4 is 4.90 Å². The van der Waals surface area contributed by atoms with Gasteiger partial charge in [0.05, 0.1) is 32.5 Å². The molecule has 6 heteroatoms. The molecule has 0 aliphatic carbocycles. The SMILES string of the molecule is CCc1ccc2nc(N(Cc3ccccc3)C(=O)c3ccc4ncsc4c3)sc2c1. The van der Waals surface area contributed by atoms with Gasteiger partial charge >= 0.3 is 0 Å². The largest absolute Gasteiger partial charge is 0.279 e. The Bertz CT molecular complexity index is 1340. The highest BCUT2D eigenvalue weighted by atomic mass is 32.1. The van der Waals surface area contributed by atoms with Crippen molar-refractivity contribution in [1.82, 2.24) is 9.97 Å². The number of rotatable bonds is 5. The van der Waals surface area contributed by atoms with Crippen LogP contribution in [0.2, 0.25) is 0 Å². The van der Waals surface area contributed by atoms with Crippen molar-refractivity contribution < 1.29 is 4.79 Å². The third-order valence-electron chi connectivity index (χ3n) is 5.09. The van der Waals surface area contributed by atoms with Gasteiger partial charge in [-0.3, -0.25) is 9.69 Å². The standard InChI is InChI=1S/C24H19N3OS2/c1-2-16-8-10-20-22(12-16)30-24(26-20)27(14-17-6-4-3-5-7-17)23(28)18-9-11-19-21(13-18)29-15-25-19/h3-13,15H,2,14H2,1H3. The van der Waals surface area contributed by atoms with Gasteiger partial charge in [0.2, 0.25) is 0 Å². The summed E-state index contributed by atoms with van der Waals surface area (Å²) in [6.07, 6.45) is 0.977. The maximum atomic E-state index is 13.6. The van der Waals surface area contributed by atoms with E-state index >= 15 is 0 Å². The van der Waals surface area contributed by atoms with Crippen molar-refractivity contribution in [2.45, 2.75) is 19.9 Å². The van der Waals surface area contributed by atoms with Crippen molar-refractivity contribution >= 4 is 54.1 Å². The molecule has 0 unspecified atom stereocenters. The zero-order valence-electron chi connectivity index (χ0n) is 16.4. The van der Waals surface area contributed by atoms with Gasteiger partial charge in [-0.1, -0.05) is 54.7 Å². The summed E-state index contributed by atoms with van der Waals surface area (Å²) in [5, 5.41) is 0.719. The third kappa shape index (κ3) is 3.60. The molecule has 5 rings (SSSR count). The maximum Gasteiger partial charge on any atom is 0.260 e. The first-order valence-corrected chi connectivity index (χ1v) is 11.5. The average molecular weight is 430 g/mol. The van der Waals surface area contributed by atoms with E-state index < -0.39 is 0 Å². The Morgan fingerprint density at radius 1 is 0.933 bits per heavy atom. The molecule has 0 spiro atoms. The van der Waals surface area contributed by atoms with Crippen LogP contribution in [0.4, 0.5) is 5.13 Å². The van der Waals surface area contributed by atoms with Gasteiger partial charge in [-0.05, 0) is 47.9 Å². The summed E-state index contributed by atoms with van der Waals surface area (Å²) in [5.41, 5.74) is 6.64. The number of nitrogens with zero attached hydrogens (tertiary/aromatic N) is 3. The highest BCUT2D eigenvalue weighted by Gasteiger charge is 2.22. The molecular formula is C24H19N3OS2. The van der Waals surface area contributed by atoms with Crippen LogP contribution in [0.25, 0.3) is 20.4 Å². The minimum atomic E-state index is -0.0519. The van der Waals surface area contributed by atoms with Gasteiger partial charge in [-0.25, -0.2) is 9.97 Å². The summed E-state index contributed by atoms with van der Waals surface area (Å²) in [6.45, 7) is 2.62. The van der Waals surface area contributed by atoms with Gasteiger partial charge in [0, 0.05) is 5.56 Å². The number of amides is 1. The summed E-state index contributed by atoms with van der Waals surface area (Å²) in [6, 6.07) is 22.1. The van der Waals surface area contributed by atoms with Crippen molar-refractivity contribution in [3.63, 3.8) is 0 Å². The monoisotopic (exact) mass is 429 g/mol. The van der Waals surface area contributed by atoms with Gasteiger partial charge in [-0.2, -0.15) is 0 Å². The molecule has 4 nitrogen and oxygen atoms in total. The van der Waals surface area contributed by atoms with E-state index in [1.807, 2.05) is 54.6 Å². The first-order chi connectivity index (χ1) is 14.7. The second-order valence-corrected chi connectivity index (χ2v) is 8.96. The van der Waals surface area contributed by atoms with E-state index in [-0.39, 0.29) is 5.91 Å². The molecule has 0 radical (unpaired) electrons. The van der Waals surface area contributed by atoms with Crippen LogP contribution in [0.15, 0.2) is 72.2 Å². The van der Waals surface area contributed by atoms with E-state index in [0.29, 0.717) is 12.1 Å². The molecule has 3 aromatic carbocycles. The lowest BCUT2D eigenvalue weighted by atomic mass is 10.1. The molecule has 0 saturated heterocycles. The van der Waals surface area contributed by atoms with E-state index in [4.69, 9.17) is 4.98 Å². The fourth-order valence-corrected chi connectivity index (χ4v) is 5.17. The molecule has 1 amide bonds. The number of aryl methyl sites for hydroxylation is 1. The van der Waals surface area contributed by atoms with Gasteiger partial charge < -0.3 is 0 Å². The smallest absolute Gasteiger partial charge is 0.260 e. The Hall–Kier alpha value is -3.09. The summed E-state index contributed by atoms with van der Waals surface area (Å²) in [5.74, 6) is -0.0519. The minimum Gasteiger partial charge on any atom is -0.279 e. The predicted molar refractivity (Wildman–Crippen MR) is 126 cm³/mol. The maximum absolute atomic E-state index is 13.6. The molecule has 0 saturated carbocycles. The van der Waals surface area contributed by atoms with E-state index in [0.717, 1.165) is 37.5 Å². The molecule has 5 aromatic rings. The van der Waals surface area contributed by atoms with E-state index in [2.05, 4.69) is 24.0 Å². The zero-order chi connectivity index (χ0) is 20.5. The average Bonchev–Trinajstić information content (AvgIpc) is 3.43. The summed E-state index contributed by atoms with van der Waals surface area (Å²) < 4.78 is 2.12. The van der Waals surface area contributed by atoms with Crippen molar-refractivity contribution in [1.29, 1.82) is 0 Å². The summed E-state index contributed by atoms with van der Waals surface area (Å²) >= 11 is 3.11. The molecule has 2 heterocycles. The normalized spacial score (nSPS) is 11.2. The molecule has 0 aliphatic heterocycles. The lowest BCUT2D eigenvalue weighted by Gasteiger charge is -2.20. The van der Waals surface area contributed by atoms with Crippen LogP contribution in [0, 0.1) is 0 Å². The Labute approximate surface area is 182 Å². The zero-order valence-corrected chi connectivity index (χ0v) is 18.0. The van der Waals surface area contributed by atoms with Crippen LogP contribution in [0.5, 0.6) is 0 Å². The van der Waals surface area contributed by atoms with Crippen LogP contribution in [-0.4, -0.2) is 15.9 Å². The topological polar surface area (TPSA) is 46.1 Å². The third-order valence-corrected chi connectivity index (χ3v) is 6.92. The number of benzene rings is 3. The number of aromatic nitrogens is 2. The lowest BCUT2D eigenvalue weighted by Crippen LogP contribution is -2.30. The minimum absolute atomic E-state index is 0.0519. The van der Waals surface area contributed by atoms with Crippen molar-refractivity contribution in [2.24, 2.45) is 0 Å². The number of fused-ring (bicyclic) bond motifs is 2. The van der Waals surface area contributed by atoms with Crippen LogP contribution in [0.1, 0.15) is 28.4 Å². The molecule has 148 valence electrons. The van der Waals surface area contributed by atoms with Gasteiger partial charge in [0.25, 0.3) is 5.91 Å². The molecular weight excluding hydrogens is 410 g/mol. The summed E-state index contributed by atoms with van der Waals surface area (Å²) in [7, 11) is 0. The van der Waals surface area contributed by atoms with Crippen molar-refractivity contribution in [3.05, 3.63) is 88.9 Å². The first kappa shape index (κ1) is 18.9. The van der Waals surface area contributed by atoms with Crippen LogP contribution in [0.3, 0.4) is 0 Å². The van der Waals surface area contributed by atoms with Gasteiger partial charge in [0.1, 0.15) is 0 Å². The predicted octanol–water partition coefficient (Wildman–Crippen LogP) is 6.32. The highest BCUT2D eigenvalue weighted by molar-refractivity contribution is 7.22. The second-order valence-electron chi connectivity index (χ2n) is 7.06. The van der Waals surface area contributed by atoms with E-state index in [9.17, 15) is 4.79 Å². The quantitative estimate of drug-likeness (QED) is 0.329.